The Morgan fingerprint density at radius 2 is 1.59 bits per heavy atom. The van der Waals surface area contributed by atoms with Gasteiger partial charge in [-0.3, -0.25) is 9.59 Å². The maximum atomic E-state index is 11.4. The summed E-state index contributed by atoms with van der Waals surface area (Å²) in [5.74, 6) is -1.83. The molecule has 0 aromatic heterocycles. The Labute approximate surface area is 133 Å². The summed E-state index contributed by atoms with van der Waals surface area (Å²) in [5.41, 5.74) is 0.176. The van der Waals surface area contributed by atoms with E-state index in [1.54, 1.807) is 0 Å². The number of rotatable bonds is 9. The van der Waals surface area contributed by atoms with Crippen LogP contribution in [-0.4, -0.2) is 23.0 Å². The van der Waals surface area contributed by atoms with Gasteiger partial charge in [0.2, 0.25) is 0 Å². The van der Waals surface area contributed by atoms with Gasteiger partial charge in [0.25, 0.3) is 0 Å². The van der Waals surface area contributed by atoms with Crippen molar-refractivity contribution in [1.29, 1.82) is 0 Å². The van der Waals surface area contributed by atoms with Crippen LogP contribution in [-0.2, 0) is 19.1 Å². The highest BCUT2D eigenvalue weighted by Gasteiger charge is 2.17. The Morgan fingerprint density at radius 1 is 1.09 bits per heavy atom. The molecule has 0 amide bonds. The molecule has 0 spiro atoms. The first-order valence-corrected chi connectivity index (χ1v) is 7.89. The van der Waals surface area contributed by atoms with Gasteiger partial charge in [-0.15, -0.1) is 0 Å². The molecule has 0 saturated carbocycles. The highest BCUT2D eigenvalue weighted by Crippen LogP contribution is 2.10. The number of carbonyl (C=O) groups is 3. The summed E-state index contributed by atoms with van der Waals surface area (Å²) in [6, 6.07) is 0. The summed E-state index contributed by atoms with van der Waals surface area (Å²) in [5, 5.41) is 7.89. The minimum Gasteiger partial charge on any atom is -0.478 e. The van der Waals surface area contributed by atoms with Crippen molar-refractivity contribution >= 4 is 17.9 Å². The number of carboxylic acid groups (broad SMARTS) is 1. The molecule has 0 aliphatic rings. The molecule has 1 atom stereocenters. The van der Waals surface area contributed by atoms with Crippen molar-refractivity contribution in [3.05, 3.63) is 12.2 Å². The van der Waals surface area contributed by atoms with Crippen LogP contribution < -0.4 is 0 Å². The van der Waals surface area contributed by atoms with E-state index in [1.807, 2.05) is 6.92 Å². The van der Waals surface area contributed by atoms with Gasteiger partial charge in [-0.1, -0.05) is 53.0 Å². The fourth-order valence-electron chi connectivity index (χ4n) is 1.41. The lowest BCUT2D eigenvalue weighted by atomic mass is 10.1. The molecule has 0 radical (unpaired) electrons. The Balaban J connectivity index is 0. The monoisotopic (exact) mass is 314 g/mol. The van der Waals surface area contributed by atoms with E-state index in [2.05, 4.69) is 20.4 Å². The topological polar surface area (TPSA) is 80.7 Å². The first kappa shape index (κ1) is 22.6. The van der Waals surface area contributed by atoms with Crippen LogP contribution >= 0.6 is 0 Å². The lowest BCUT2D eigenvalue weighted by Gasteiger charge is -2.09. The third kappa shape index (κ3) is 14.8. The van der Waals surface area contributed by atoms with E-state index in [9.17, 15) is 14.4 Å². The number of hydrogen-bond acceptors (Lipinski definition) is 4. The van der Waals surface area contributed by atoms with Crippen LogP contribution in [0.25, 0.3) is 0 Å². The highest BCUT2D eigenvalue weighted by molar-refractivity contribution is 5.86. The fourth-order valence-corrected chi connectivity index (χ4v) is 1.41. The van der Waals surface area contributed by atoms with E-state index in [1.165, 1.54) is 6.92 Å². The van der Waals surface area contributed by atoms with Crippen LogP contribution in [0.3, 0.4) is 0 Å². The summed E-state index contributed by atoms with van der Waals surface area (Å²) in [4.78, 5) is 32.3. The first-order chi connectivity index (χ1) is 10.3. The molecule has 0 aromatic rings. The Morgan fingerprint density at radius 3 is 2.00 bits per heavy atom. The SMILES string of the molecule is C=C(C)C(=O)O.CCCCCC(=O)OC(=O)C(C)CCCC. The van der Waals surface area contributed by atoms with Crippen molar-refractivity contribution in [2.24, 2.45) is 5.92 Å². The summed E-state index contributed by atoms with van der Waals surface area (Å²) < 4.78 is 4.78. The zero-order chi connectivity index (χ0) is 17.5. The van der Waals surface area contributed by atoms with Gasteiger partial charge in [0.1, 0.15) is 0 Å². The average molecular weight is 314 g/mol. The Kier molecular flexibility index (Phi) is 14.7. The second-order valence-corrected chi connectivity index (χ2v) is 5.38. The molecular weight excluding hydrogens is 284 g/mol. The second-order valence-electron chi connectivity index (χ2n) is 5.38. The molecular formula is C17H30O5. The van der Waals surface area contributed by atoms with E-state index in [-0.39, 0.29) is 23.4 Å². The van der Waals surface area contributed by atoms with Crippen LogP contribution in [0.5, 0.6) is 0 Å². The molecule has 1 N–H and O–H groups in total. The van der Waals surface area contributed by atoms with Gasteiger partial charge < -0.3 is 9.84 Å². The van der Waals surface area contributed by atoms with Crippen LogP contribution in [0.2, 0.25) is 0 Å². The minimum absolute atomic E-state index is 0.157. The van der Waals surface area contributed by atoms with E-state index >= 15 is 0 Å². The molecule has 0 bridgehead atoms. The zero-order valence-electron chi connectivity index (χ0n) is 14.3. The first-order valence-electron chi connectivity index (χ1n) is 7.89. The van der Waals surface area contributed by atoms with Crippen molar-refractivity contribution < 1.29 is 24.2 Å². The lowest BCUT2D eigenvalue weighted by molar-refractivity contribution is -0.162. The van der Waals surface area contributed by atoms with Gasteiger partial charge in [-0.2, -0.15) is 0 Å². The molecule has 0 heterocycles. The molecule has 0 fully saturated rings. The molecule has 1 unspecified atom stereocenters. The smallest absolute Gasteiger partial charge is 0.330 e. The fraction of sp³-hybridized carbons (Fsp3) is 0.706. The van der Waals surface area contributed by atoms with Crippen molar-refractivity contribution in [3.63, 3.8) is 0 Å². The van der Waals surface area contributed by atoms with Crippen molar-refractivity contribution in [2.75, 3.05) is 0 Å². The quantitative estimate of drug-likeness (QED) is 0.300. The number of esters is 2. The molecule has 22 heavy (non-hydrogen) atoms. The van der Waals surface area contributed by atoms with Crippen molar-refractivity contribution in [3.8, 4) is 0 Å². The molecule has 0 aliphatic heterocycles. The van der Waals surface area contributed by atoms with Gasteiger partial charge in [0, 0.05) is 12.0 Å². The number of carbonyl (C=O) groups excluding carboxylic acids is 2. The number of aliphatic carboxylic acids is 1. The van der Waals surface area contributed by atoms with Crippen LogP contribution in [0.1, 0.15) is 72.6 Å². The summed E-state index contributed by atoms with van der Waals surface area (Å²) in [7, 11) is 0. The maximum absolute atomic E-state index is 11.4. The minimum atomic E-state index is -0.935. The van der Waals surface area contributed by atoms with Gasteiger partial charge in [-0.05, 0) is 19.8 Å². The van der Waals surface area contributed by atoms with Crippen molar-refractivity contribution in [1.82, 2.24) is 0 Å². The molecule has 0 aliphatic carbocycles. The molecule has 0 aromatic carbocycles. The largest absolute Gasteiger partial charge is 0.478 e. The third-order valence-corrected chi connectivity index (χ3v) is 2.96. The van der Waals surface area contributed by atoms with Crippen molar-refractivity contribution in [2.45, 2.75) is 72.6 Å². The molecule has 5 heteroatoms. The maximum Gasteiger partial charge on any atom is 0.330 e. The number of hydrogen-bond donors (Lipinski definition) is 1. The number of unbranched alkanes of at least 4 members (excludes halogenated alkanes) is 3. The van der Waals surface area contributed by atoms with E-state index in [4.69, 9.17) is 9.84 Å². The summed E-state index contributed by atoms with van der Waals surface area (Å²) in [6.45, 7) is 10.6. The van der Waals surface area contributed by atoms with E-state index in [0.29, 0.717) is 6.42 Å². The summed E-state index contributed by atoms with van der Waals surface area (Å²) >= 11 is 0. The van der Waals surface area contributed by atoms with E-state index in [0.717, 1.165) is 38.5 Å². The van der Waals surface area contributed by atoms with Crippen LogP contribution in [0.4, 0.5) is 0 Å². The second kappa shape index (κ2) is 14.3. The third-order valence-electron chi connectivity index (χ3n) is 2.96. The normalized spacial score (nSPS) is 10.9. The van der Waals surface area contributed by atoms with E-state index < -0.39 is 5.97 Å². The number of ether oxygens (including phenoxy) is 1. The Hall–Kier alpha value is -1.65. The van der Waals surface area contributed by atoms with Crippen LogP contribution in [0, 0.1) is 5.92 Å². The van der Waals surface area contributed by atoms with Crippen LogP contribution in [0.15, 0.2) is 12.2 Å². The van der Waals surface area contributed by atoms with Gasteiger partial charge in [0.05, 0.1) is 5.92 Å². The predicted molar refractivity (Wildman–Crippen MR) is 86.4 cm³/mol. The molecule has 5 nitrogen and oxygen atoms in total. The molecule has 0 saturated heterocycles. The highest BCUT2D eigenvalue weighted by atomic mass is 16.6. The zero-order valence-corrected chi connectivity index (χ0v) is 14.3. The van der Waals surface area contributed by atoms with Gasteiger partial charge in [0.15, 0.2) is 0 Å². The molecule has 0 rings (SSSR count). The average Bonchev–Trinajstić information content (AvgIpc) is 2.45. The lowest BCUT2D eigenvalue weighted by Crippen LogP contribution is -2.19. The standard InChI is InChI=1S/C13H24O3.C4H6O2/c1-4-6-8-10-12(14)16-13(15)11(3)9-7-5-2;1-3(2)4(5)6/h11H,4-10H2,1-3H3;1H2,2H3,(H,5,6). The predicted octanol–water partition coefficient (Wildman–Crippen LogP) is 4.11. The van der Waals surface area contributed by atoms with Gasteiger partial charge >= 0.3 is 17.9 Å². The number of carboxylic acids is 1. The Bertz CT molecular complexity index is 348. The van der Waals surface area contributed by atoms with Gasteiger partial charge in [-0.25, -0.2) is 4.79 Å². The molecule has 128 valence electrons. The summed E-state index contributed by atoms with van der Waals surface area (Å²) in [6.07, 6.45) is 6.11.